The number of benzene rings is 1. The minimum absolute atomic E-state index is 0.137. The first-order chi connectivity index (χ1) is 8.56. The summed E-state index contributed by atoms with van der Waals surface area (Å²) in [5.41, 5.74) is 5.57. The van der Waals surface area contributed by atoms with Crippen LogP contribution in [0.4, 0.5) is 0 Å². The van der Waals surface area contributed by atoms with E-state index < -0.39 is 0 Å². The number of aryl methyl sites for hydroxylation is 2. The van der Waals surface area contributed by atoms with Crippen molar-refractivity contribution < 1.29 is 5.11 Å². The van der Waals surface area contributed by atoms with Crippen molar-refractivity contribution in [1.82, 2.24) is 9.78 Å². The number of hydrogen-bond donors (Lipinski definition) is 1. The van der Waals surface area contributed by atoms with E-state index in [-0.39, 0.29) is 6.61 Å². The third-order valence-electron chi connectivity index (χ3n) is 3.29. The van der Waals surface area contributed by atoms with Crippen LogP contribution in [0.1, 0.15) is 22.4 Å². The van der Waals surface area contributed by atoms with E-state index >= 15 is 0 Å². The standard InChI is InChI=1S/C14H17BrN2O/c1-9-5-4-6-13(10(9)2)17-14(15)12(7-8-18)11(3)16-17/h4-6,18H,7-8H2,1-3H3. The quantitative estimate of drug-likeness (QED) is 0.946. The van der Waals surface area contributed by atoms with Crippen molar-refractivity contribution in [2.75, 3.05) is 6.61 Å². The van der Waals surface area contributed by atoms with Gasteiger partial charge in [-0.1, -0.05) is 12.1 Å². The van der Waals surface area contributed by atoms with Crippen LogP contribution >= 0.6 is 15.9 Å². The first kappa shape index (κ1) is 13.3. The number of hydrogen-bond acceptors (Lipinski definition) is 2. The van der Waals surface area contributed by atoms with Gasteiger partial charge >= 0.3 is 0 Å². The van der Waals surface area contributed by atoms with Crippen molar-refractivity contribution in [3.8, 4) is 5.69 Å². The maximum absolute atomic E-state index is 9.09. The molecule has 0 amide bonds. The molecule has 1 heterocycles. The average molecular weight is 309 g/mol. The van der Waals surface area contributed by atoms with Crippen LogP contribution in [0.2, 0.25) is 0 Å². The normalized spacial score (nSPS) is 10.9. The van der Waals surface area contributed by atoms with Crippen molar-refractivity contribution in [3.05, 3.63) is 45.2 Å². The van der Waals surface area contributed by atoms with Gasteiger partial charge in [0.25, 0.3) is 0 Å². The van der Waals surface area contributed by atoms with E-state index in [2.05, 4.69) is 47.0 Å². The first-order valence-electron chi connectivity index (χ1n) is 5.97. The van der Waals surface area contributed by atoms with Crippen LogP contribution in [0.15, 0.2) is 22.8 Å². The summed E-state index contributed by atoms with van der Waals surface area (Å²) in [6.45, 7) is 6.30. The molecule has 2 rings (SSSR count). The smallest absolute Gasteiger partial charge is 0.113 e. The number of halogens is 1. The van der Waals surface area contributed by atoms with Crippen molar-refractivity contribution >= 4 is 15.9 Å². The highest BCUT2D eigenvalue weighted by Crippen LogP contribution is 2.26. The fraction of sp³-hybridized carbons (Fsp3) is 0.357. The minimum Gasteiger partial charge on any atom is -0.396 e. The Balaban J connectivity index is 2.58. The van der Waals surface area contributed by atoms with Crippen LogP contribution in [0.5, 0.6) is 0 Å². The predicted molar refractivity (Wildman–Crippen MR) is 76.3 cm³/mol. The molecule has 0 bridgehead atoms. The zero-order valence-corrected chi connectivity index (χ0v) is 12.5. The van der Waals surface area contributed by atoms with E-state index in [1.165, 1.54) is 11.1 Å². The summed E-state index contributed by atoms with van der Waals surface area (Å²) in [6.07, 6.45) is 0.622. The molecular weight excluding hydrogens is 292 g/mol. The summed E-state index contributed by atoms with van der Waals surface area (Å²) < 4.78 is 2.84. The van der Waals surface area contributed by atoms with Gasteiger partial charge in [-0.25, -0.2) is 4.68 Å². The van der Waals surface area contributed by atoms with Gasteiger partial charge < -0.3 is 5.11 Å². The molecule has 0 aliphatic rings. The van der Waals surface area contributed by atoms with Crippen LogP contribution in [0.25, 0.3) is 5.69 Å². The summed E-state index contributed by atoms with van der Waals surface area (Å²) in [5, 5.41) is 13.6. The fourth-order valence-corrected chi connectivity index (χ4v) is 2.81. The molecule has 4 heteroatoms. The third-order valence-corrected chi connectivity index (χ3v) is 4.10. The maximum atomic E-state index is 9.09. The molecular formula is C14H17BrN2O. The molecule has 2 aromatic rings. The third kappa shape index (κ3) is 2.22. The van der Waals surface area contributed by atoms with Crippen molar-refractivity contribution in [1.29, 1.82) is 0 Å². The molecule has 0 radical (unpaired) electrons. The molecule has 1 aromatic heterocycles. The van der Waals surface area contributed by atoms with Crippen molar-refractivity contribution in [2.45, 2.75) is 27.2 Å². The minimum atomic E-state index is 0.137. The van der Waals surface area contributed by atoms with Gasteiger partial charge in [0, 0.05) is 18.6 Å². The maximum Gasteiger partial charge on any atom is 0.113 e. The van der Waals surface area contributed by atoms with Crippen molar-refractivity contribution in [3.63, 3.8) is 0 Å². The van der Waals surface area contributed by atoms with Crippen LogP contribution in [0, 0.1) is 20.8 Å². The molecule has 3 nitrogen and oxygen atoms in total. The zero-order chi connectivity index (χ0) is 13.3. The highest BCUT2D eigenvalue weighted by molar-refractivity contribution is 9.10. The monoisotopic (exact) mass is 308 g/mol. The molecule has 0 aliphatic heterocycles. The topological polar surface area (TPSA) is 38.0 Å². The molecule has 0 fully saturated rings. The number of nitrogens with zero attached hydrogens (tertiary/aromatic N) is 2. The number of aliphatic hydroxyl groups is 1. The van der Waals surface area contributed by atoms with Crippen molar-refractivity contribution in [2.24, 2.45) is 0 Å². The Labute approximate surface area is 116 Å². The summed E-state index contributed by atoms with van der Waals surface area (Å²) >= 11 is 3.59. The Bertz CT molecular complexity index is 575. The van der Waals surface area contributed by atoms with Gasteiger partial charge in [0.2, 0.25) is 0 Å². The van der Waals surface area contributed by atoms with Crippen LogP contribution in [0.3, 0.4) is 0 Å². The molecule has 1 N–H and O–H groups in total. The lowest BCUT2D eigenvalue weighted by molar-refractivity contribution is 0.299. The van der Waals surface area contributed by atoms with Gasteiger partial charge in [0.15, 0.2) is 0 Å². The Morgan fingerprint density at radius 3 is 2.67 bits per heavy atom. The summed E-state index contributed by atoms with van der Waals surface area (Å²) in [5.74, 6) is 0. The molecule has 18 heavy (non-hydrogen) atoms. The Hall–Kier alpha value is -1.13. The number of rotatable bonds is 3. The van der Waals surface area contributed by atoms with Gasteiger partial charge in [-0.15, -0.1) is 0 Å². The second-order valence-electron chi connectivity index (χ2n) is 4.46. The SMILES string of the molecule is Cc1cccc(-n2nc(C)c(CCO)c2Br)c1C. The predicted octanol–water partition coefficient (Wildman–Crippen LogP) is 3.09. The van der Waals surface area contributed by atoms with E-state index in [0.717, 1.165) is 21.5 Å². The van der Waals surface area contributed by atoms with E-state index in [1.807, 2.05) is 17.7 Å². The second-order valence-corrected chi connectivity index (χ2v) is 5.21. The highest BCUT2D eigenvalue weighted by atomic mass is 79.9. The van der Waals surface area contributed by atoms with Gasteiger partial charge in [-0.2, -0.15) is 5.10 Å². The van der Waals surface area contributed by atoms with E-state index in [4.69, 9.17) is 5.11 Å². The highest BCUT2D eigenvalue weighted by Gasteiger charge is 2.15. The molecule has 1 aromatic carbocycles. The lowest BCUT2D eigenvalue weighted by Gasteiger charge is -2.09. The number of aromatic nitrogens is 2. The zero-order valence-electron chi connectivity index (χ0n) is 10.9. The molecule has 0 aliphatic carbocycles. The molecule has 0 atom stereocenters. The summed E-state index contributed by atoms with van der Waals surface area (Å²) in [7, 11) is 0. The Kier molecular flexibility index (Phi) is 3.88. The molecule has 0 saturated carbocycles. The molecule has 0 spiro atoms. The summed E-state index contributed by atoms with van der Waals surface area (Å²) in [6, 6.07) is 6.19. The fourth-order valence-electron chi connectivity index (χ4n) is 2.05. The van der Waals surface area contributed by atoms with Crippen LogP contribution in [-0.4, -0.2) is 21.5 Å². The van der Waals surface area contributed by atoms with E-state index in [0.29, 0.717) is 6.42 Å². The van der Waals surface area contributed by atoms with Crippen LogP contribution < -0.4 is 0 Å². The van der Waals surface area contributed by atoms with E-state index in [1.54, 1.807) is 0 Å². The van der Waals surface area contributed by atoms with Gasteiger partial charge in [-0.3, -0.25) is 0 Å². The Morgan fingerprint density at radius 1 is 1.28 bits per heavy atom. The molecule has 0 saturated heterocycles. The van der Waals surface area contributed by atoms with Crippen LogP contribution in [-0.2, 0) is 6.42 Å². The van der Waals surface area contributed by atoms with E-state index in [9.17, 15) is 0 Å². The number of aliphatic hydroxyl groups excluding tert-OH is 1. The van der Waals surface area contributed by atoms with Gasteiger partial charge in [0.05, 0.1) is 11.4 Å². The molecule has 96 valence electrons. The van der Waals surface area contributed by atoms with Gasteiger partial charge in [0.1, 0.15) is 4.60 Å². The lowest BCUT2D eigenvalue weighted by Crippen LogP contribution is -2.01. The Morgan fingerprint density at radius 2 is 2.00 bits per heavy atom. The second kappa shape index (κ2) is 5.24. The lowest BCUT2D eigenvalue weighted by atomic mass is 10.1. The first-order valence-corrected chi connectivity index (χ1v) is 6.77. The summed E-state index contributed by atoms with van der Waals surface area (Å²) in [4.78, 5) is 0. The molecule has 0 unspecified atom stereocenters. The largest absolute Gasteiger partial charge is 0.396 e. The van der Waals surface area contributed by atoms with Gasteiger partial charge in [-0.05, 0) is 53.9 Å². The average Bonchev–Trinajstić information content (AvgIpc) is 2.61.